The predicted octanol–water partition coefficient (Wildman–Crippen LogP) is 2.06. The Morgan fingerprint density at radius 2 is 1.82 bits per heavy atom. The van der Waals surface area contributed by atoms with Gasteiger partial charge >= 0.3 is 6.18 Å². The van der Waals surface area contributed by atoms with E-state index in [0.717, 1.165) is 4.90 Å². The molecule has 0 bridgehead atoms. The number of halogens is 3. The summed E-state index contributed by atoms with van der Waals surface area (Å²) >= 11 is 0. The summed E-state index contributed by atoms with van der Waals surface area (Å²) in [5.74, 6) is -0.552. The second-order valence-electron chi connectivity index (χ2n) is 4.67. The van der Waals surface area contributed by atoms with E-state index in [4.69, 9.17) is 5.73 Å². The maximum atomic E-state index is 12.5. The van der Waals surface area contributed by atoms with Gasteiger partial charge < -0.3 is 10.6 Å². The maximum absolute atomic E-state index is 12.5. The van der Waals surface area contributed by atoms with Crippen LogP contribution in [0.15, 0.2) is 0 Å². The van der Waals surface area contributed by atoms with Gasteiger partial charge in [0, 0.05) is 6.04 Å². The molecular weight excluding hydrogens is 233 g/mol. The molecular formula is C11H19F3N2O. The van der Waals surface area contributed by atoms with E-state index in [1.165, 1.54) is 0 Å². The molecule has 0 aliphatic heterocycles. The maximum Gasteiger partial charge on any atom is 0.406 e. The third-order valence-electron chi connectivity index (χ3n) is 3.21. The second-order valence-corrected chi connectivity index (χ2v) is 4.67. The molecule has 0 heterocycles. The normalized spacial score (nSPS) is 18.3. The summed E-state index contributed by atoms with van der Waals surface area (Å²) < 4.78 is 37.4. The zero-order chi connectivity index (χ0) is 13.3. The summed E-state index contributed by atoms with van der Waals surface area (Å²) in [4.78, 5) is 12.9. The van der Waals surface area contributed by atoms with E-state index in [9.17, 15) is 18.0 Å². The average molecular weight is 252 g/mol. The Morgan fingerprint density at radius 1 is 1.35 bits per heavy atom. The summed E-state index contributed by atoms with van der Waals surface area (Å²) in [6, 6.07) is -0.384. The van der Waals surface area contributed by atoms with Crippen molar-refractivity contribution >= 4 is 5.91 Å². The van der Waals surface area contributed by atoms with Crippen molar-refractivity contribution in [1.82, 2.24) is 4.90 Å². The van der Waals surface area contributed by atoms with Gasteiger partial charge in [0.1, 0.15) is 6.54 Å². The van der Waals surface area contributed by atoms with Gasteiger partial charge in [-0.05, 0) is 25.7 Å². The zero-order valence-electron chi connectivity index (χ0n) is 10.2. The van der Waals surface area contributed by atoms with E-state index in [2.05, 4.69) is 0 Å². The highest BCUT2D eigenvalue weighted by Gasteiger charge is 2.50. The Kier molecular flexibility index (Phi) is 4.06. The van der Waals surface area contributed by atoms with Gasteiger partial charge in [-0.25, -0.2) is 0 Å². The molecule has 1 aliphatic rings. The zero-order valence-corrected chi connectivity index (χ0v) is 10.2. The highest BCUT2D eigenvalue weighted by Crippen LogP contribution is 2.36. The van der Waals surface area contributed by atoms with Crippen molar-refractivity contribution < 1.29 is 18.0 Å². The molecule has 1 saturated carbocycles. The predicted molar refractivity (Wildman–Crippen MR) is 58.3 cm³/mol. The highest BCUT2D eigenvalue weighted by molar-refractivity contribution is 5.89. The number of hydrogen-bond donors (Lipinski definition) is 1. The van der Waals surface area contributed by atoms with Gasteiger partial charge in [-0.1, -0.05) is 13.8 Å². The van der Waals surface area contributed by atoms with Crippen LogP contribution in [0.25, 0.3) is 0 Å². The molecule has 1 rings (SSSR count). The van der Waals surface area contributed by atoms with Crippen LogP contribution in [-0.4, -0.2) is 35.1 Å². The first kappa shape index (κ1) is 14.3. The van der Waals surface area contributed by atoms with Gasteiger partial charge in [0.05, 0.1) is 5.54 Å². The number of rotatable bonds is 5. The molecule has 17 heavy (non-hydrogen) atoms. The molecule has 0 saturated heterocycles. The van der Waals surface area contributed by atoms with E-state index < -0.39 is 24.2 Å². The Bertz CT molecular complexity index is 283. The summed E-state index contributed by atoms with van der Waals surface area (Å²) in [6.07, 6.45) is -2.38. The Morgan fingerprint density at radius 3 is 2.12 bits per heavy atom. The molecule has 1 fully saturated rings. The monoisotopic (exact) mass is 252 g/mol. The van der Waals surface area contributed by atoms with Crippen LogP contribution in [0.3, 0.4) is 0 Å². The first-order valence-corrected chi connectivity index (χ1v) is 5.90. The van der Waals surface area contributed by atoms with Gasteiger partial charge in [0.2, 0.25) is 5.91 Å². The van der Waals surface area contributed by atoms with E-state index in [0.29, 0.717) is 25.7 Å². The minimum Gasteiger partial charge on any atom is -0.329 e. The van der Waals surface area contributed by atoms with Crippen molar-refractivity contribution in [3.05, 3.63) is 0 Å². The fourth-order valence-electron chi connectivity index (χ4n) is 1.92. The molecule has 0 unspecified atom stereocenters. The van der Waals surface area contributed by atoms with Crippen molar-refractivity contribution in [1.29, 1.82) is 0 Å². The number of nitrogens with zero attached hydrogens (tertiary/aromatic N) is 1. The summed E-state index contributed by atoms with van der Waals surface area (Å²) in [7, 11) is 0. The first-order valence-electron chi connectivity index (χ1n) is 5.90. The number of carbonyl (C=O) groups is 1. The summed E-state index contributed by atoms with van der Waals surface area (Å²) in [6.45, 7) is 2.36. The van der Waals surface area contributed by atoms with E-state index in [-0.39, 0.29) is 6.04 Å². The van der Waals surface area contributed by atoms with Crippen LogP contribution < -0.4 is 5.73 Å². The summed E-state index contributed by atoms with van der Waals surface area (Å²) in [5, 5.41) is 0. The molecule has 0 aromatic rings. The van der Waals surface area contributed by atoms with Crippen LogP contribution in [-0.2, 0) is 4.79 Å². The largest absolute Gasteiger partial charge is 0.406 e. The molecule has 0 spiro atoms. The molecule has 0 aromatic heterocycles. The molecule has 1 amide bonds. The van der Waals surface area contributed by atoms with Gasteiger partial charge in [-0.2, -0.15) is 13.2 Å². The molecule has 1 aliphatic carbocycles. The van der Waals surface area contributed by atoms with Crippen LogP contribution >= 0.6 is 0 Å². The average Bonchev–Trinajstić information content (AvgIpc) is 2.95. The van der Waals surface area contributed by atoms with Crippen LogP contribution in [0, 0.1) is 0 Å². The number of hydrogen-bond acceptors (Lipinski definition) is 2. The Balaban J connectivity index is 2.81. The Labute approximate surface area is 99.1 Å². The van der Waals surface area contributed by atoms with Gasteiger partial charge in [-0.15, -0.1) is 0 Å². The fraction of sp³-hybridized carbons (Fsp3) is 0.909. The third-order valence-corrected chi connectivity index (χ3v) is 3.21. The lowest BCUT2D eigenvalue weighted by Crippen LogP contribution is -2.53. The lowest BCUT2D eigenvalue weighted by molar-refractivity contribution is -0.167. The minimum atomic E-state index is -4.37. The minimum absolute atomic E-state index is 0.384. The number of carbonyl (C=O) groups excluding carboxylic acids is 1. The van der Waals surface area contributed by atoms with Crippen LogP contribution in [0.2, 0.25) is 0 Å². The number of amides is 1. The first-order chi connectivity index (χ1) is 7.73. The van der Waals surface area contributed by atoms with Crippen molar-refractivity contribution in [2.75, 3.05) is 6.54 Å². The molecule has 0 radical (unpaired) electrons. The molecule has 0 atom stereocenters. The fourth-order valence-corrected chi connectivity index (χ4v) is 1.92. The SMILES string of the molecule is CCC(CC)N(CC(F)(F)F)C(=O)C1(N)CC1. The molecule has 0 aromatic carbocycles. The van der Waals surface area contributed by atoms with E-state index in [1.807, 2.05) is 0 Å². The molecule has 100 valence electrons. The third kappa shape index (κ3) is 3.59. The standard InChI is InChI=1S/C11H19F3N2O/c1-3-8(4-2)16(7-11(12,13)14)9(17)10(15)5-6-10/h8H,3-7,15H2,1-2H3. The summed E-state index contributed by atoms with van der Waals surface area (Å²) in [5.41, 5.74) is 4.66. The van der Waals surface area contributed by atoms with Crippen LogP contribution in [0.4, 0.5) is 13.2 Å². The van der Waals surface area contributed by atoms with Gasteiger partial charge in [-0.3, -0.25) is 4.79 Å². The topological polar surface area (TPSA) is 46.3 Å². The lowest BCUT2D eigenvalue weighted by atomic mass is 10.1. The van der Waals surface area contributed by atoms with E-state index in [1.54, 1.807) is 13.8 Å². The highest BCUT2D eigenvalue weighted by atomic mass is 19.4. The number of alkyl halides is 3. The van der Waals surface area contributed by atoms with E-state index >= 15 is 0 Å². The van der Waals surface area contributed by atoms with Gasteiger partial charge in [0.25, 0.3) is 0 Å². The van der Waals surface area contributed by atoms with Crippen molar-refractivity contribution in [2.24, 2.45) is 5.73 Å². The van der Waals surface area contributed by atoms with Crippen molar-refractivity contribution in [2.45, 2.75) is 57.3 Å². The quantitative estimate of drug-likeness (QED) is 0.814. The van der Waals surface area contributed by atoms with Gasteiger partial charge in [0.15, 0.2) is 0 Å². The smallest absolute Gasteiger partial charge is 0.329 e. The molecule has 2 N–H and O–H groups in total. The lowest BCUT2D eigenvalue weighted by Gasteiger charge is -2.33. The van der Waals surface area contributed by atoms with Crippen LogP contribution in [0.5, 0.6) is 0 Å². The molecule has 6 heteroatoms. The van der Waals surface area contributed by atoms with Crippen LogP contribution in [0.1, 0.15) is 39.5 Å². The Hall–Kier alpha value is -0.780. The number of nitrogens with two attached hydrogens (primary N) is 1. The van der Waals surface area contributed by atoms with Crippen molar-refractivity contribution in [3.63, 3.8) is 0 Å². The van der Waals surface area contributed by atoms with Crippen molar-refractivity contribution in [3.8, 4) is 0 Å². The second kappa shape index (κ2) is 4.84. The molecule has 3 nitrogen and oxygen atoms in total.